The van der Waals surface area contributed by atoms with E-state index in [1.54, 1.807) is 0 Å². The van der Waals surface area contributed by atoms with Gasteiger partial charge in [0.1, 0.15) is 0 Å². The van der Waals surface area contributed by atoms with Gasteiger partial charge in [-0.3, -0.25) is 0 Å². The first-order valence-electron chi connectivity index (χ1n) is 6.64. The van der Waals surface area contributed by atoms with Crippen molar-refractivity contribution in [2.75, 3.05) is 24.5 Å². The molecule has 1 aliphatic rings. The highest BCUT2D eigenvalue weighted by Gasteiger charge is 2.19. The third-order valence-corrected chi connectivity index (χ3v) is 3.57. The lowest BCUT2D eigenvalue weighted by Crippen LogP contribution is -2.38. The molecule has 1 saturated heterocycles. The monoisotopic (exact) mass is 243 g/mol. The normalized spacial score (nSPS) is 20.3. The summed E-state index contributed by atoms with van der Waals surface area (Å²) in [6.45, 7) is 7.34. The van der Waals surface area contributed by atoms with Crippen molar-refractivity contribution in [3.63, 3.8) is 0 Å². The van der Waals surface area contributed by atoms with Crippen molar-refractivity contribution in [1.29, 1.82) is 5.26 Å². The molecule has 1 N–H and O–H groups in total. The molecule has 0 aromatic heterocycles. The largest absolute Gasteiger partial charge is 0.369 e. The van der Waals surface area contributed by atoms with Crippen LogP contribution in [0.3, 0.4) is 0 Å². The van der Waals surface area contributed by atoms with Gasteiger partial charge in [0.25, 0.3) is 0 Å². The minimum absolute atomic E-state index is 0.288. The number of nitriles is 1. The molecule has 1 atom stereocenters. The number of para-hydroxylation sites is 1. The lowest BCUT2D eigenvalue weighted by molar-refractivity contribution is 0.552. The highest BCUT2D eigenvalue weighted by molar-refractivity contribution is 5.59. The van der Waals surface area contributed by atoms with Crippen LogP contribution in [0.4, 0.5) is 5.69 Å². The molecule has 0 spiro atoms. The predicted octanol–water partition coefficient (Wildman–Crippen LogP) is 2.39. The smallest absolute Gasteiger partial charge is 0.0638 e. The predicted molar refractivity (Wildman–Crippen MR) is 74.8 cm³/mol. The number of nitrogens with one attached hydrogen (secondary N) is 1. The summed E-state index contributed by atoms with van der Waals surface area (Å²) in [5, 5.41) is 12.3. The molecule has 18 heavy (non-hydrogen) atoms. The van der Waals surface area contributed by atoms with Gasteiger partial charge in [-0.2, -0.15) is 5.26 Å². The maximum atomic E-state index is 8.87. The molecular weight excluding hydrogens is 222 g/mol. The fourth-order valence-corrected chi connectivity index (χ4v) is 2.75. The Morgan fingerprint density at radius 3 is 2.78 bits per heavy atom. The summed E-state index contributed by atoms with van der Waals surface area (Å²) in [5.74, 6) is 0. The lowest BCUT2D eigenvalue weighted by Gasteiger charge is -2.28. The van der Waals surface area contributed by atoms with E-state index in [0.717, 1.165) is 26.1 Å². The van der Waals surface area contributed by atoms with Crippen LogP contribution in [0.25, 0.3) is 0 Å². The van der Waals surface area contributed by atoms with E-state index in [0.29, 0.717) is 6.42 Å². The first-order chi connectivity index (χ1) is 8.72. The van der Waals surface area contributed by atoms with E-state index >= 15 is 0 Å². The van der Waals surface area contributed by atoms with Gasteiger partial charge in [0.15, 0.2) is 0 Å². The molecule has 1 aromatic carbocycles. The van der Waals surface area contributed by atoms with Crippen LogP contribution in [0.15, 0.2) is 18.2 Å². The van der Waals surface area contributed by atoms with Gasteiger partial charge >= 0.3 is 0 Å². The fourth-order valence-electron chi connectivity index (χ4n) is 2.75. The van der Waals surface area contributed by atoms with Crippen molar-refractivity contribution in [2.24, 2.45) is 0 Å². The second-order valence-electron chi connectivity index (χ2n) is 5.05. The maximum Gasteiger partial charge on any atom is 0.0638 e. The Kier molecular flexibility index (Phi) is 4.22. The van der Waals surface area contributed by atoms with Gasteiger partial charge in [-0.05, 0) is 37.9 Å². The van der Waals surface area contributed by atoms with Crippen molar-refractivity contribution < 1.29 is 0 Å². The molecule has 3 heteroatoms. The van der Waals surface area contributed by atoms with Gasteiger partial charge in [0, 0.05) is 24.8 Å². The molecule has 2 rings (SSSR count). The molecule has 1 heterocycles. The number of nitrogens with zero attached hydrogens (tertiary/aromatic N) is 2. The molecule has 1 aliphatic heterocycles. The van der Waals surface area contributed by atoms with Gasteiger partial charge in [-0.25, -0.2) is 0 Å². The molecule has 0 radical (unpaired) electrons. The number of aryl methyl sites for hydroxylation is 2. The van der Waals surface area contributed by atoms with E-state index < -0.39 is 0 Å². The second-order valence-corrected chi connectivity index (χ2v) is 5.05. The van der Waals surface area contributed by atoms with Crippen LogP contribution in [0.2, 0.25) is 0 Å². The summed E-state index contributed by atoms with van der Waals surface area (Å²) in [7, 11) is 0. The molecule has 0 aliphatic carbocycles. The highest BCUT2D eigenvalue weighted by atomic mass is 15.2. The van der Waals surface area contributed by atoms with Crippen LogP contribution in [0.1, 0.15) is 24.0 Å². The van der Waals surface area contributed by atoms with Crippen molar-refractivity contribution in [2.45, 2.75) is 32.7 Å². The molecule has 1 unspecified atom stereocenters. The minimum atomic E-state index is 0.288. The average molecular weight is 243 g/mol. The number of hydrogen-bond donors (Lipinski definition) is 1. The van der Waals surface area contributed by atoms with Gasteiger partial charge in [-0.15, -0.1) is 0 Å². The highest BCUT2D eigenvalue weighted by Crippen LogP contribution is 2.25. The third kappa shape index (κ3) is 2.83. The second kappa shape index (κ2) is 5.88. The molecule has 3 nitrogen and oxygen atoms in total. The minimum Gasteiger partial charge on any atom is -0.369 e. The summed E-state index contributed by atoms with van der Waals surface area (Å²) in [5.41, 5.74) is 4.00. The maximum absolute atomic E-state index is 8.87. The SMILES string of the molecule is Cc1cccc(C)c1N1CCCNC(CC#N)C1. The Labute approximate surface area is 109 Å². The number of anilines is 1. The van der Waals surface area contributed by atoms with Crippen LogP contribution >= 0.6 is 0 Å². The molecule has 96 valence electrons. The van der Waals surface area contributed by atoms with Crippen molar-refractivity contribution in [3.8, 4) is 6.07 Å². The van der Waals surface area contributed by atoms with Crippen LogP contribution in [-0.2, 0) is 0 Å². The van der Waals surface area contributed by atoms with Gasteiger partial charge < -0.3 is 10.2 Å². The fraction of sp³-hybridized carbons (Fsp3) is 0.533. The summed E-state index contributed by atoms with van der Waals surface area (Å²) >= 11 is 0. The topological polar surface area (TPSA) is 39.1 Å². The zero-order chi connectivity index (χ0) is 13.0. The quantitative estimate of drug-likeness (QED) is 0.867. The van der Waals surface area contributed by atoms with E-state index in [2.05, 4.69) is 48.3 Å². The first-order valence-corrected chi connectivity index (χ1v) is 6.64. The van der Waals surface area contributed by atoms with Crippen LogP contribution in [0, 0.1) is 25.2 Å². The van der Waals surface area contributed by atoms with E-state index in [1.807, 2.05) is 0 Å². The molecule has 1 aromatic rings. The first kappa shape index (κ1) is 12.9. The van der Waals surface area contributed by atoms with Crippen LogP contribution in [0.5, 0.6) is 0 Å². The van der Waals surface area contributed by atoms with Crippen LogP contribution in [-0.4, -0.2) is 25.7 Å². The number of benzene rings is 1. The molecule has 0 bridgehead atoms. The van der Waals surface area contributed by atoms with E-state index in [9.17, 15) is 0 Å². The Balaban J connectivity index is 2.23. The molecule has 1 fully saturated rings. The Hall–Kier alpha value is -1.53. The van der Waals surface area contributed by atoms with Gasteiger partial charge in [-0.1, -0.05) is 18.2 Å². The standard InChI is InChI=1S/C15H21N3/c1-12-5-3-6-13(2)15(12)18-10-4-9-17-14(11-18)7-8-16/h3,5-6,14,17H,4,7,9-11H2,1-2H3. The lowest BCUT2D eigenvalue weighted by atomic mass is 10.1. The average Bonchev–Trinajstić information content (AvgIpc) is 2.55. The zero-order valence-corrected chi connectivity index (χ0v) is 11.2. The van der Waals surface area contributed by atoms with Crippen molar-refractivity contribution >= 4 is 5.69 Å². The summed E-state index contributed by atoms with van der Waals surface area (Å²) in [6.07, 6.45) is 1.72. The molecular formula is C15H21N3. The summed E-state index contributed by atoms with van der Waals surface area (Å²) in [6, 6.07) is 9.01. The third-order valence-electron chi connectivity index (χ3n) is 3.57. The molecule has 0 saturated carbocycles. The Morgan fingerprint density at radius 2 is 2.11 bits per heavy atom. The van der Waals surface area contributed by atoms with Crippen LogP contribution < -0.4 is 10.2 Å². The summed E-state index contributed by atoms with van der Waals surface area (Å²) in [4.78, 5) is 2.44. The van der Waals surface area contributed by atoms with E-state index in [1.165, 1.54) is 16.8 Å². The van der Waals surface area contributed by atoms with Crippen molar-refractivity contribution in [1.82, 2.24) is 5.32 Å². The van der Waals surface area contributed by atoms with Crippen molar-refractivity contribution in [3.05, 3.63) is 29.3 Å². The van der Waals surface area contributed by atoms with E-state index in [-0.39, 0.29) is 6.04 Å². The number of rotatable bonds is 2. The molecule has 0 amide bonds. The number of hydrogen-bond acceptors (Lipinski definition) is 3. The Bertz CT molecular complexity index is 427. The zero-order valence-electron chi connectivity index (χ0n) is 11.2. The Morgan fingerprint density at radius 1 is 1.39 bits per heavy atom. The van der Waals surface area contributed by atoms with Gasteiger partial charge in [0.2, 0.25) is 0 Å². The van der Waals surface area contributed by atoms with E-state index in [4.69, 9.17) is 5.26 Å². The van der Waals surface area contributed by atoms with Gasteiger partial charge in [0.05, 0.1) is 12.5 Å². The summed E-state index contributed by atoms with van der Waals surface area (Å²) < 4.78 is 0.